The molecule has 0 spiro atoms. The summed E-state index contributed by atoms with van der Waals surface area (Å²) in [5, 5.41) is 2.86. The summed E-state index contributed by atoms with van der Waals surface area (Å²) < 4.78 is 31.0. The Balaban J connectivity index is 1.75. The molecular formula is C21H24N2O5S. The van der Waals surface area contributed by atoms with Gasteiger partial charge in [-0.3, -0.25) is 4.79 Å². The van der Waals surface area contributed by atoms with Crippen LogP contribution in [0, 0.1) is 0 Å². The number of rotatable bonds is 5. The van der Waals surface area contributed by atoms with Crippen LogP contribution in [0.15, 0.2) is 53.4 Å². The Labute approximate surface area is 170 Å². The van der Waals surface area contributed by atoms with Crippen LogP contribution in [0.5, 0.6) is 0 Å². The number of ether oxygens (including phenoxy) is 1. The average Bonchev–Trinajstić information content (AvgIpc) is 2.67. The summed E-state index contributed by atoms with van der Waals surface area (Å²) in [7, 11) is -0.578. The second kappa shape index (κ2) is 7.61. The average molecular weight is 416 g/mol. The molecule has 0 radical (unpaired) electrons. The van der Waals surface area contributed by atoms with Crippen molar-refractivity contribution in [1.29, 1.82) is 0 Å². The molecule has 1 amide bonds. The minimum atomic E-state index is -3.52. The standard InChI is InChI=1S/C21H24N2O5S/c1-14(15-9-11-17(12-10-15)29(26,27)23(3)4)22-20(25)21(2)13-16-7-5-6-8-18(16)19(24)28-21/h5-12,14H,13H2,1-4H3,(H,22,25). The van der Waals surface area contributed by atoms with Crippen LogP contribution >= 0.6 is 0 Å². The summed E-state index contributed by atoms with van der Waals surface area (Å²) >= 11 is 0. The van der Waals surface area contributed by atoms with Crippen molar-refractivity contribution in [1.82, 2.24) is 9.62 Å². The van der Waals surface area contributed by atoms with E-state index in [9.17, 15) is 18.0 Å². The predicted octanol–water partition coefficient (Wildman–Crippen LogP) is 2.29. The number of nitrogens with zero attached hydrogens (tertiary/aromatic N) is 1. The lowest BCUT2D eigenvalue weighted by molar-refractivity contribution is -0.140. The molecule has 1 heterocycles. The molecule has 0 aliphatic carbocycles. The van der Waals surface area contributed by atoms with E-state index in [4.69, 9.17) is 4.74 Å². The monoisotopic (exact) mass is 416 g/mol. The Morgan fingerprint density at radius 3 is 2.38 bits per heavy atom. The van der Waals surface area contributed by atoms with Gasteiger partial charge in [-0.25, -0.2) is 17.5 Å². The van der Waals surface area contributed by atoms with Gasteiger partial charge in [-0.15, -0.1) is 0 Å². The largest absolute Gasteiger partial charge is 0.445 e. The summed E-state index contributed by atoms with van der Waals surface area (Å²) in [5.41, 5.74) is 0.673. The molecule has 0 fully saturated rings. The van der Waals surface area contributed by atoms with Gasteiger partial charge in [0.15, 0.2) is 5.60 Å². The molecule has 0 saturated carbocycles. The lowest BCUT2D eigenvalue weighted by Gasteiger charge is -2.34. The molecule has 3 rings (SSSR count). The number of carbonyl (C=O) groups is 2. The number of sulfonamides is 1. The number of fused-ring (bicyclic) bond motifs is 1. The molecule has 2 unspecified atom stereocenters. The van der Waals surface area contributed by atoms with Crippen LogP contribution in [0.3, 0.4) is 0 Å². The first-order valence-electron chi connectivity index (χ1n) is 9.19. The molecule has 29 heavy (non-hydrogen) atoms. The molecule has 2 aromatic rings. The smallest absolute Gasteiger partial charge is 0.339 e. The Bertz CT molecular complexity index is 1050. The van der Waals surface area contributed by atoms with Gasteiger partial charge in [-0.2, -0.15) is 0 Å². The minimum absolute atomic E-state index is 0.176. The third kappa shape index (κ3) is 4.04. The van der Waals surface area contributed by atoms with E-state index in [2.05, 4.69) is 5.32 Å². The van der Waals surface area contributed by atoms with Gasteiger partial charge in [0.05, 0.1) is 16.5 Å². The van der Waals surface area contributed by atoms with Gasteiger partial charge in [0.1, 0.15) is 0 Å². The quantitative estimate of drug-likeness (QED) is 0.755. The van der Waals surface area contributed by atoms with E-state index in [0.29, 0.717) is 5.56 Å². The highest BCUT2D eigenvalue weighted by Crippen LogP contribution is 2.29. The van der Waals surface area contributed by atoms with Crippen molar-refractivity contribution in [3.05, 3.63) is 65.2 Å². The molecule has 2 aromatic carbocycles. The zero-order valence-corrected chi connectivity index (χ0v) is 17.6. The van der Waals surface area contributed by atoms with Crippen LogP contribution in [0.4, 0.5) is 0 Å². The van der Waals surface area contributed by atoms with Gasteiger partial charge in [0.25, 0.3) is 5.91 Å². The predicted molar refractivity (Wildman–Crippen MR) is 108 cm³/mol. The van der Waals surface area contributed by atoms with Crippen LogP contribution in [0.1, 0.15) is 41.4 Å². The Kier molecular flexibility index (Phi) is 5.51. The number of amides is 1. The van der Waals surface area contributed by atoms with Crippen molar-refractivity contribution in [3.63, 3.8) is 0 Å². The normalized spacial score (nSPS) is 20.0. The molecule has 1 N–H and O–H groups in total. The number of hydrogen-bond acceptors (Lipinski definition) is 5. The van der Waals surface area contributed by atoms with Gasteiger partial charge in [-0.05, 0) is 43.2 Å². The number of carbonyl (C=O) groups excluding carboxylic acids is 2. The first-order chi connectivity index (χ1) is 13.5. The molecule has 1 aliphatic heterocycles. The van der Waals surface area contributed by atoms with Crippen molar-refractivity contribution >= 4 is 21.9 Å². The molecule has 7 nitrogen and oxygen atoms in total. The third-order valence-electron chi connectivity index (χ3n) is 5.07. The van der Waals surface area contributed by atoms with Gasteiger partial charge in [0.2, 0.25) is 10.0 Å². The highest BCUT2D eigenvalue weighted by atomic mass is 32.2. The Morgan fingerprint density at radius 2 is 1.76 bits per heavy atom. The first-order valence-corrected chi connectivity index (χ1v) is 10.6. The Hall–Kier alpha value is -2.71. The van der Waals surface area contributed by atoms with Crippen molar-refractivity contribution in [2.45, 2.75) is 36.8 Å². The Morgan fingerprint density at radius 1 is 1.14 bits per heavy atom. The number of benzene rings is 2. The van der Waals surface area contributed by atoms with E-state index in [1.165, 1.54) is 26.2 Å². The second-order valence-corrected chi connectivity index (χ2v) is 9.66. The van der Waals surface area contributed by atoms with Crippen molar-refractivity contribution in [3.8, 4) is 0 Å². The summed E-state index contributed by atoms with van der Waals surface area (Å²) in [4.78, 5) is 25.3. The van der Waals surface area contributed by atoms with E-state index in [0.717, 1.165) is 15.4 Å². The minimum Gasteiger partial charge on any atom is -0.445 e. The fourth-order valence-electron chi connectivity index (χ4n) is 3.23. The molecule has 154 valence electrons. The molecule has 8 heteroatoms. The van der Waals surface area contributed by atoms with E-state index < -0.39 is 33.5 Å². The topological polar surface area (TPSA) is 92.8 Å². The van der Waals surface area contributed by atoms with Crippen LogP contribution in [-0.2, 0) is 26.0 Å². The van der Waals surface area contributed by atoms with Crippen molar-refractivity contribution < 1.29 is 22.7 Å². The van der Waals surface area contributed by atoms with Crippen LogP contribution in [0.2, 0.25) is 0 Å². The summed E-state index contributed by atoms with van der Waals surface area (Å²) in [6.45, 7) is 3.38. The third-order valence-corrected chi connectivity index (χ3v) is 6.90. The number of nitrogens with one attached hydrogen (secondary N) is 1. The van der Waals surface area contributed by atoms with Gasteiger partial charge < -0.3 is 10.1 Å². The fraction of sp³-hybridized carbons (Fsp3) is 0.333. The molecule has 0 saturated heterocycles. The van der Waals surface area contributed by atoms with Gasteiger partial charge in [-0.1, -0.05) is 30.3 Å². The zero-order valence-electron chi connectivity index (χ0n) is 16.8. The lowest BCUT2D eigenvalue weighted by Crippen LogP contribution is -2.52. The number of hydrogen-bond donors (Lipinski definition) is 1. The van der Waals surface area contributed by atoms with Crippen LogP contribution in [-0.4, -0.2) is 44.3 Å². The molecule has 1 aliphatic rings. The maximum absolute atomic E-state index is 12.9. The van der Waals surface area contributed by atoms with Gasteiger partial charge in [0, 0.05) is 20.5 Å². The van der Waals surface area contributed by atoms with E-state index in [1.807, 2.05) is 12.1 Å². The fourth-order valence-corrected chi connectivity index (χ4v) is 4.13. The maximum Gasteiger partial charge on any atom is 0.339 e. The van der Waals surface area contributed by atoms with E-state index in [-0.39, 0.29) is 11.3 Å². The number of cyclic esters (lactones) is 1. The second-order valence-electron chi connectivity index (χ2n) is 7.51. The number of esters is 1. The molecule has 2 atom stereocenters. The van der Waals surface area contributed by atoms with Crippen molar-refractivity contribution in [2.24, 2.45) is 0 Å². The lowest BCUT2D eigenvalue weighted by atomic mass is 9.89. The van der Waals surface area contributed by atoms with Gasteiger partial charge >= 0.3 is 5.97 Å². The first kappa shape index (κ1) is 21.0. The summed E-state index contributed by atoms with van der Waals surface area (Å²) in [6.07, 6.45) is 0.285. The molecule has 0 aromatic heterocycles. The van der Waals surface area contributed by atoms with Crippen LogP contribution < -0.4 is 5.32 Å². The highest BCUT2D eigenvalue weighted by molar-refractivity contribution is 7.89. The SMILES string of the molecule is CC(NC(=O)C1(C)Cc2ccccc2C(=O)O1)c1ccc(S(=O)(=O)N(C)C)cc1. The molecule has 0 bridgehead atoms. The van der Waals surface area contributed by atoms with E-state index in [1.54, 1.807) is 38.1 Å². The summed E-state index contributed by atoms with van der Waals surface area (Å²) in [6, 6.07) is 13.0. The maximum atomic E-state index is 12.9. The molecular weight excluding hydrogens is 392 g/mol. The van der Waals surface area contributed by atoms with E-state index >= 15 is 0 Å². The zero-order chi connectivity index (χ0) is 21.4. The van der Waals surface area contributed by atoms with Crippen LogP contribution in [0.25, 0.3) is 0 Å². The highest BCUT2D eigenvalue weighted by Gasteiger charge is 2.43. The van der Waals surface area contributed by atoms with Crippen molar-refractivity contribution in [2.75, 3.05) is 14.1 Å². The summed E-state index contributed by atoms with van der Waals surface area (Å²) in [5.74, 6) is -0.923.